The Kier molecular flexibility index (Phi) is 5.66. The summed E-state index contributed by atoms with van der Waals surface area (Å²) in [5.41, 5.74) is 1.01. The largest absolute Gasteiger partial charge is 0.469 e. The van der Waals surface area contributed by atoms with Crippen molar-refractivity contribution in [1.29, 1.82) is 0 Å². The molecule has 25 heavy (non-hydrogen) atoms. The van der Waals surface area contributed by atoms with E-state index in [1.807, 2.05) is 17.9 Å². The lowest BCUT2D eigenvalue weighted by atomic mass is 9.88. The number of carbonyl (C=O) groups is 2. The first-order valence-electron chi connectivity index (χ1n) is 9.38. The Bertz CT molecular complexity index is 607. The first-order valence-corrected chi connectivity index (χ1v) is 9.38. The van der Waals surface area contributed by atoms with Crippen LogP contribution in [0.2, 0.25) is 0 Å². The summed E-state index contributed by atoms with van der Waals surface area (Å²) in [5.74, 6) is 1.33. The first-order chi connectivity index (χ1) is 12.0. The molecule has 1 aromatic rings. The second kappa shape index (κ2) is 7.93. The van der Waals surface area contributed by atoms with Gasteiger partial charge < -0.3 is 19.5 Å². The molecule has 0 aromatic carbocycles. The average Bonchev–Trinajstić information content (AvgIpc) is 3.24. The summed E-state index contributed by atoms with van der Waals surface area (Å²) in [5, 5.41) is 3.06. The SMILES string of the molecule is Cc1occc1CN(C)C(=O)NC1CCN(C(=O)C2CCCCC2)C1. The van der Waals surface area contributed by atoms with Gasteiger partial charge in [-0.05, 0) is 32.3 Å². The van der Waals surface area contributed by atoms with Crippen LogP contribution in [0, 0.1) is 12.8 Å². The molecule has 1 N–H and O–H groups in total. The minimum absolute atomic E-state index is 0.0490. The van der Waals surface area contributed by atoms with Crippen LogP contribution in [0.3, 0.4) is 0 Å². The minimum Gasteiger partial charge on any atom is -0.469 e. The van der Waals surface area contributed by atoms with E-state index in [-0.39, 0.29) is 18.0 Å². The lowest BCUT2D eigenvalue weighted by Gasteiger charge is -2.26. The molecule has 2 fully saturated rings. The van der Waals surface area contributed by atoms with Crippen molar-refractivity contribution in [1.82, 2.24) is 15.1 Å². The third-order valence-corrected chi connectivity index (χ3v) is 5.50. The zero-order valence-electron chi connectivity index (χ0n) is 15.3. The van der Waals surface area contributed by atoms with Crippen molar-refractivity contribution in [3.8, 4) is 0 Å². The van der Waals surface area contributed by atoms with Crippen molar-refractivity contribution < 1.29 is 14.0 Å². The minimum atomic E-state index is -0.0995. The molecule has 0 bridgehead atoms. The van der Waals surface area contributed by atoms with E-state index in [9.17, 15) is 9.59 Å². The van der Waals surface area contributed by atoms with E-state index in [4.69, 9.17) is 4.42 Å². The number of hydrogen-bond donors (Lipinski definition) is 1. The number of rotatable bonds is 4. The van der Waals surface area contributed by atoms with Gasteiger partial charge >= 0.3 is 6.03 Å². The standard InChI is InChI=1S/C19H29N3O3/c1-14-16(9-11-25-14)12-21(2)19(24)20-17-8-10-22(13-17)18(23)15-6-4-3-5-7-15/h9,11,15,17H,3-8,10,12-13H2,1-2H3,(H,20,24). The van der Waals surface area contributed by atoms with Gasteiger partial charge in [0.25, 0.3) is 0 Å². The van der Waals surface area contributed by atoms with Crippen molar-refractivity contribution in [2.24, 2.45) is 5.92 Å². The van der Waals surface area contributed by atoms with Gasteiger partial charge in [0.05, 0.1) is 12.8 Å². The molecule has 0 spiro atoms. The molecule has 3 amide bonds. The van der Waals surface area contributed by atoms with E-state index in [0.717, 1.165) is 37.1 Å². The van der Waals surface area contributed by atoms with Gasteiger partial charge in [-0.15, -0.1) is 0 Å². The fraction of sp³-hybridized carbons (Fsp3) is 0.684. The highest BCUT2D eigenvalue weighted by atomic mass is 16.3. The van der Waals surface area contributed by atoms with Crippen molar-refractivity contribution in [3.05, 3.63) is 23.7 Å². The van der Waals surface area contributed by atoms with Gasteiger partial charge in [0.15, 0.2) is 0 Å². The number of hydrogen-bond acceptors (Lipinski definition) is 3. The fourth-order valence-electron chi connectivity index (χ4n) is 3.87. The summed E-state index contributed by atoms with van der Waals surface area (Å²) in [6.45, 7) is 3.81. The Balaban J connectivity index is 1.46. The number of carbonyl (C=O) groups excluding carboxylic acids is 2. The average molecular weight is 347 g/mol. The number of nitrogens with one attached hydrogen (secondary N) is 1. The van der Waals surface area contributed by atoms with Crippen LogP contribution in [0.4, 0.5) is 4.79 Å². The maximum Gasteiger partial charge on any atom is 0.317 e. The molecule has 1 atom stereocenters. The molecular formula is C19H29N3O3. The third-order valence-electron chi connectivity index (χ3n) is 5.50. The Hall–Kier alpha value is -1.98. The second-order valence-electron chi connectivity index (χ2n) is 7.41. The maximum absolute atomic E-state index is 12.6. The van der Waals surface area contributed by atoms with Crippen LogP contribution < -0.4 is 5.32 Å². The summed E-state index contributed by atoms with van der Waals surface area (Å²) in [4.78, 5) is 28.6. The number of likely N-dealkylation sites (tertiary alicyclic amines) is 1. The summed E-state index contributed by atoms with van der Waals surface area (Å²) in [7, 11) is 1.78. The van der Waals surface area contributed by atoms with E-state index >= 15 is 0 Å². The van der Waals surface area contributed by atoms with Crippen molar-refractivity contribution in [3.63, 3.8) is 0 Å². The van der Waals surface area contributed by atoms with Crippen molar-refractivity contribution >= 4 is 11.9 Å². The molecule has 1 aliphatic carbocycles. The van der Waals surface area contributed by atoms with Crippen LogP contribution in [-0.2, 0) is 11.3 Å². The summed E-state index contributed by atoms with van der Waals surface area (Å²) in [6.07, 6.45) is 8.12. The monoisotopic (exact) mass is 347 g/mol. The second-order valence-corrected chi connectivity index (χ2v) is 7.41. The number of furan rings is 1. The van der Waals surface area contributed by atoms with Gasteiger partial charge in [-0.25, -0.2) is 4.79 Å². The molecule has 1 aliphatic heterocycles. The maximum atomic E-state index is 12.6. The Labute approximate surface area is 149 Å². The highest BCUT2D eigenvalue weighted by Gasteiger charge is 2.32. The van der Waals surface area contributed by atoms with Crippen LogP contribution in [-0.4, -0.2) is 47.9 Å². The quantitative estimate of drug-likeness (QED) is 0.911. The molecule has 2 aliphatic rings. The van der Waals surface area contributed by atoms with E-state index in [1.54, 1.807) is 18.2 Å². The molecule has 1 unspecified atom stereocenters. The van der Waals surface area contributed by atoms with E-state index < -0.39 is 0 Å². The van der Waals surface area contributed by atoms with E-state index in [2.05, 4.69) is 5.32 Å². The summed E-state index contributed by atoms with van der Waals surface area (Å²) < 4.78 is 5.27. The third kappa shape index (κ3) is 4.35. The van der Waals surface area contributed by atoms with E-state index in [1.165, 1.54) is 19.3 Å². The number of amides is 3. The Morgan fingerprint density at radius 2 is 2.04 bits per heavy atom. The highest BCUT2D eigenvalue weighted by Crippen LogP contribution is 2.26. The number of nitrogens with zero attached hydrogens (tertiary/aromatic N) is 2. The van der Waals surface area contributed by atoms with Gasteiger partial charge in [0, 0.05) is 37.7 Å². The molecule has 6 nitrogen and oxygen atoms in total. The molecule has 1 aromatic heterocycles. The van der Waals surface area contributed by atoms with Crippen LogP contribution >= 0.6 is 0 Å². The number of aryl methyl sites for hydroxylation is 1. The molecule has 2 heterocycles. The van der Waals surface area contributed by atoms with Crippen LogP contribution in [0.1, 0.15) is 49.8 Å². The molecule has 1 saturated carbocycles. The molecule has 1 saturated heterocycles. The predicted octanol–water partition coefficient (Wildman–Crippen LogP) is 2.91. The van der Waals surface area contributed by atoms with Gasteiger partial charge in [-0.1, -0.05) is 19.3 Å². The lowest BCUT2D eigenvalue weighted by Crippen LogP contribution is -2.45. The zero-order chi connectivity index (χ0) is 17.8. The zero-order valence-corrected chi connectivity index (χ0v) is 15.3. The van der Waals surface area contributed by atoms with Crippen molar-refractivity contribution in [2.45, 2.75) is 58.0 Å². The molecule has 138 valence electrons. The molecular weight excluding hydrogens is 318 g/mol. The van der Waals surface area contributed by atoms with Crippen LogP contribution in [0.5, 0.6) is 0 Å². The Morgan fingerprint density at radius 1 is 1.28 bits per heavy atom. The van der Waals surface area contributed by atoms with Gasteiger partial charge in [-0.2, -0.15) is 0 Å². The fourth-order valence-corrected chi connectivity index (χ4v) is 3.87. The van der Waals surface area contributed by atoms with Crippen molar-refractivity contribution in [2.75, 3.05) is 20.1 Å². The normalized spacial score (nSPS) is 21.4. The van der Waals surface area contributed by atoms with Crippen LogP contribution in [0.15, 0.2) is 16.7 Å². The van der Waals surface area contributed by atoms with Gasteiger partial charge in [0.2, 0.25) is 5.91 Å². The highest BCUT2D eigenvalue weighted by molar-refractivity contribution is 5.79. The first kappa shape index (κ1) is 17.8. The van der Waals surface area contributed by atoms with Gasteiger partial charge in [-0.3, -0.25) is 4.79 Å². The summed E-state index contributed by atoms with van der Waals surface area (Å²) in [6, 6.07) is 1.84. The summed E-state index contributed by atoms with van der Waals surface area (Å²) >= 11 is 0. The topological polar surface area (TPSA) is 65.8 Å². The smallest absolute Gasteiger partial charge is 0.317 e. The molecule has 0 radical (unpaired) electrons. The molecule has 3 rings (SSSR count). The van der Waals surface area contributed by atoms with Gasteiger partial charge in [0.1, 0.15) is 5.76 Å². The lowest BCUT2D eigenvalue weighted by molar-refractivity contribution is -0.135. The van der Waals surface area contributed by atoms with Crippen LogP contribution in [0.25, 0.3) is 0 Å². The molecule has 6 heteroatoms. The Morgan fingerprint density at radius 3 is 2.72 bits per heavy atom. The van der Waals surface area contributed by atoms with E-state index in [0.29, 0.717) is 19.0 Å². The predicted molar refractivity (Wildman–Crippen MR) is 95.0 cm³/mol. The number of urea groups is 1.